The highest BCUT2D eigenvalue weighted by Gasteiger charge is 2.20. The molecule has 0 spiro atoms. The molecule has 0 aromatic heterocycles. The second-order valence-electron chi connectivity index (χ2n) is 6.75. The summed E-state index contributed by atoms with van der Waals surface area (Å²) in [5.41, 5.74) is 5.73. The standard InChI is InChI=1S/C19H31N/c1-5-6-17-7-9-19(10-8-17)20-13-18-12-15(3)14(2)11-16(18)4/h11-12,17,19-20H,5-10,13H2,1-4H3. The van der Waals surface area contributed by atoms with Gasteiger partial charge < -0.3 is 5.32 Å². The summed E-state index contributed by atoms with van der Waals surface area (Å²) in [6.45, 7) is 10.0. The van der Waals surface area contributed by atoms with E-state index in [4.69, 9.17) is 0 Å². The molecule has 1 saturated carbocycles. The summed E-state index contributed by atoms with van der Waals surface area (Å²) in [6, 6.07) is 5.43. The summed E-state index contributed by atoms with van der Waals surface area (Å²) < 4.78 is 0. The average molecular weight is 273 g/mol. The van der Waals surface area contributed by atoms with Crippen molar-refractivity contribution in [2.75, 3.05) is 0 Å². The van der Waals surface area contributed by atoms with Gasteiger partial charge in [0.25, 0.3) is 0 Å². The monoisotopic (exact) mass is 273 g/mol. The summed E-state index contributed by atoms with van der Waals surface area (Å²) in [6.07, 6.45) is 8.38. The van der Waals surface area contributed by atoms with E-state index in [2.05, 4.69) is 45.1 Å². The molecule has 0 atom stereocenters. The molecule has 112 valence electrons. The third-order valence-corrected chi connectivity index (χ3v) is 5.08. The summed E-state index contributed by atoms with van der Waals surface area (Å²) in [4.78, 5) is 0. The van der Waals surface area contributed by atoms with Gasteiger partial charge in [0.15, 0.2) is 0 Å². The van der Waals surface area contributed by atoms with E-state index < -0.39 is 0 Å². The maximum atomic E-state index is 3.79. The molecule has 1 aromatic rings. The minimum Gasteiger partial charge on any atom is -0.310 e. The van der Waals surface area contributed by atoms with Gasteiger partial charge in [-0.3, -0.25) is 0 Å². The molecule has 0 heterocycles. The first-order valence-corrected chi connectivity index (χ1v) is 8.40. The van der Waals surface area contributed by atoms with Gasteiger partial charge in [-0.05, 0) is 74.6 Å². The van der Waals surface area contributed by atoms with E-state index in [1.807, 2.05) is 0 Å². The number of aryl methyl sites for hydroxylation is 3. The Balaban J connectivity index is 1.83. The maximum Gasteiger partial charge on any atom is 0.0210 e. The molecule has 0 amide bonds. The summed E-state index contributed by atoms with van der Waals surface area (Å²) in [7, 11) is 0. The predicted molar refractivity (Wildman–Crippen MR) is 88.1 cm³/mol. The number of nitrogens with one attached hydrogen (secondary N) is 1. The van der Waals surface area contributed by atoms with Crippen LogP contribution in [0.2, 0.25) is 0 Å². The number of hydrogen-bond donors (Lipinski definition) is 1. The van der Waals surface area contributed by atoms with Crippen LogP contribution in [0.4, 0.5) is 0 Å². The van der Waals surface area contributed by atoms with Gasteiger partial charge in [-0.25, -0.2) is 0 Å². The Labute approximate surface area is 125 Å². The fourth-order valence-corrected chi connectivity index (χ4v) is 3.53. The molecule has 0 bridgehead atoms. The van der Waals surface area contributed by atoms with Gasteiger partial charge >= 0.3 is 0 Å². The fraction of sp³-hybridized carbons (Fsp3) is 0.684. The zero-order valence-electron chi connectivity index (χ0n) is 13.8. The molecule has 20 heavy (non-hydrogen) atoms. The Hall–Kier alpha value is -0.820. The second-order valence-corrected chi connectivity index (χ2v) is 6.75. The molecule has 0 unspecified atom stereocenters. The molecule has 1 aromatic carbocycles. The first kappa shape index (κ1) is 15.6. The van der Waals surface area contributed by atoms with Crippen LogP contribution < -0.4 is 5.32 Å². The van der Waals surface area contributed by atoms with Crippen LogP contribution in [-0.2, 0) is 6.54 Å². The molecule has 1 nitrogen and oxygen atoms in total. The van der Waals surface area contributed by atoms with E-state index in [1.165, 1.54) is 60.8 Å². The summed E-state index contributed by atoms with van der Waals surface area (Å²) >= 11 is 0. The van der Waals surface area contributed by atoms with Crippen molar-refractivity contribution in [3.8, 4) is 0 Å². The van der Waals surface area contributed by atoms with Gasteiger partial charge in [0.1, 0.15) is 0 Å². The van der Waals surface area contributed by atoms with Crippen LogP contribution in [0.15, 0.2) is 12.1 Å². The van der Waals surface area contributed by atoms with Crippen molar-refractivity contribution >= 4 is 0 Å². The highest BCUT2D eigenvalue weighted by atomic mass is 14.9. The van der Waals surface area contributed by atoms with Crippen molar-refractivity contribution < 1.29 is 0 Å². The van der Waals surface area contributed by atoms with E-state index >= 15 is 0 Å². The molecule has 0 radical (unpaired) electrons. The molecule has 1 heteroatoms. The zero-order valence-corrected chi connectivity index (χ0v) is 13.8. The first-order chi connectivity index (χ1) is 9.60. The lowest BCUT2D eigenvalue weighted by atomic mass is 9.83. The van der Waals surface area contributed by atoms with Crippen LogP contribution in [0, 0.1) is 26.7 Å². The molecule has 0 aliphatic heterocycles. The summed E-state index contributed by atoms with van der Waals surface area (Å²) in [5.74, 6) is 1.00. The number of rotatable bonds is 5. The van der Waals surface area contributed by atoms with Crippen molar-refractivity contribution in [1.29, 1.82) is 0 Å². The molecular formula is C19H31N. The van der Waals surface area contributed by atoms with E-state index in [9.17, 15) is 0 Å². The first-order valence-electron chi connectivity index (χ1n) is 8.40. The maximum absolute atomic E-state index is 3.79. The lowest BCUT2D eigenvalue weighted by molar-refractivity contribution is 0.277. The van der Waals surface area contributed by atoms with Crippen molar-refractivity contribution in [3.05, 3.63) is 34.4 Å². The molecule has 0 saturated heterocycles. The minimum atomic E-state index is 0.740. The highest BCUT2D eigenvalue weighted by Crippen LogP contribution is 2.28. The zero-order chi connectivity index (χ0) is 14.5. The van der Waals surface area contributed by atoms with E-state index in [-0.39, 0.29) is 0 Å². The number of hydrogen-bond acceptors (Lipinski definition) is 1. The van der Waals surface area contributed by atoms with Crippen LogP contribution in [-0.4, -0.2) is 6.04 Å². The second kappa shape index (κ2) is 7.26. The van der Waals surface area contributed by atoms with Crippen LogP contribution in [0.1, 0.15) is 67.7 Å². The Morgan fingerprint density at radius 3 is 2.25 bits per heavy atom. The number of benzene rings is 1. The molecule has 1 aliphatic carbocycles. The molecule has 1 fully saturated rings. The lowest BCUT2D eigenvalue weighted by Gasteiger charge is -2.29. The van der Waals surface area contributed by atoms with Gasteiger partial charge in [0.2, 0.25) is 0 Å². The van der Waals surface area contributed by atoms with E-state index in [0.717, 1.165) is 18.5 Å². The largest absolute Gasteiger partial charge is 0.310 e. The highest BCUT2D eigenvalue weighted by molar-refractivity contribution is 5.36. The molecule has 2 rings (SSSR count). The topological polar surface area (TPSA) is 12.0 Å². The van der Waals surface area contributed by atoms with Crippen molar-refractivity contribution in [3.63, 3.8) is 0 Å². The van der Waals surface area contributed by atoms with Gasteiger partial charge in [-0.2, -0.15) is 0 Å². The Morgan fingerprint density at radius 2 is 1.60 bits per heavy atom. The van der Waals surface area contributed by atoms with Crippen LogP contribution in [0.3, 0.4) is 0 Å². The lowest BCUT2D eigenvalue weighted by Crippen LogP contribution is -2.33. The smallest absolute Gasteiger partial charge is 0.0210 e. The van der Waals surface area contributed by atoms with E-state index in [0.29, 0.717) is 0 Å². The third kappa shape index (κ3) is 4.09. The van der Waals surface area contributed by atoms with Gasteiger partial charge in [-0.15, -0.1) is 0 Å². The SMILES string of the molecule is CCCC1CCC(NCc2cc(C)c(C)cc2C)CC1. The van der Waals surface area contributed by atoms with E-state index in [1.54, 1.807) is 0 Å². The average Bonchev–Trinajstić information content (AvgIpc) is 2.43. The van der Waals surface area contributed by atoms with Crippen LogP contribution >= 0.6 is 0 Å². The van der Waals surface area contributed by atoms with Crippen molar-refractivity contribution in [2.24, 2.45) is 5.92 Å². The van der Waals surface area contributed by atoms with Gasteiger partial charge in [0, 0.05) is 12.6 Å². The van der Waals surface area contributed by atoms with Gasteiger partial charge in [-0.1, -0.05) is 31.9 Å². The van der Waals surface area contributed by atoms with Crippen LogP contribution in [0.25, 0.3) is 0 Å². The van der Waals surface area contributed by atoms with Crippen molar-refractivity contribution in [2.45, 2.75) is 78.8 Å². The Morgan fingerprint density at radius 1 is 0.950 bits per heavy atom. The minimum absolute atomic E-state index is 0.740. The van der Waals surface area contributed by atoms with Gasteiger partial charge in [0.05, 0.1) is 0 Å². The predicted octanol–water partition coefficient (Wildman–Crippen LogP) is 5.06. The fourth-order valence-electron chi connectivity index (χ4n) is 3.53. The van der Waals surface area contributed by atoms with Crippen molar-refractivity contribution in [1.82, 2.24) is 5.32 Å². The summed E-state index contributed by atoms with van der Waals surface area (Å²) in [5, 5.41) is 3.79. The molecule has 1 aliphatic rings. The molecular weight excluding hydrogens is 242 g/mol. The normalized spacial score (nSPS) is 23.0. The quantitative estimate of drug-likeness (QED) is 0.790. The Kier molecular flexibility index (Phi) is 5.65. The third-order valence-electron chi connectivity index (χ3n) is 5.08. The molecule has 1 N–H and O–H groups in total. The van der Waals surface area contributed by atoms with Crippen LogP contribution in [0.5, 0.6) is 0 Å². The Bertz CT molecular complexity index is 428.